The maximum absolute atomic E-state index is 13.9. The molecule has 2 aromatic rings. The molecule has 0 aromatic heterocycles. The SMILES string of the molecule is O=C1Nc2ccc(F)cc2/C1=C1/Nc2ccccc2/C1=N\OCCN1CC2(CNC2)C1. The van der Waals surface area contributed by atoms with Crippen molar-refractivity contribution in [2.45, 2.75) is 0 Å². The van der Waals surface area contributed by atoms with Crippen LogP contribution >= 0.6 is 0 Å². The molecule has 1 spiro atoms. The molecule has 158 valence electrons. The summed E-state index contributed by atoms with van der Waals surface area (Å²) in [5.74, 6) is -0.684. The van der Waals surface area contributed by atoms with Crippen molar-refractivity contribution in [1.29, 1.82) is 0 Å². The van der Waals surface area contributed by atoms with Crippen molar-refractivity contribution in [1.82, 2.24) is 10.2 Å². The van der Waals surface area contributed by atoms with Crippen LogP contribution in [0.2, 0.25) is 0 Å². The second-order valence-corrected chi connectivity index (χ2v) is 8.65. The molecule has 4 aliphatic rings. The highest BCUT2D eigenvalue weighted by Gasteiger charge is 2.47. The number of fused-ring (bicyclic) bond motifs is 2. The molecule has 4 heterocycles. The van der Waals surface area contributed by atoms with Gasteiger partial charge in [0.15, 0.2) is 0 Å². The second kappa shape index (κ2) is 6.90. The number of nitrogens with zero attached hydrogens (tertiary/aromatic N) is 2. The van der Waals surface area contributed by atoms with E-state index in [2.05, 4.69) is 26.0 Å². The summed E-state index contributed by atoms with van der Waals surface area (Å²) in [7, 11) is 0. The van der Waals surface area contributed by atoms with Crippen LogP contribution in [0, 0.1) is 11.2 Å². The maximum atomic E-state index is 13.9. The standard InChI is InChI=1S/C23H22FN5O2/c24-14-5-6-18-16(9-14)19(22(30)27-18)21-20(15-3-1-2-4-17(15)26-21)28-31-8-7-29-12-23(13-29)10-25-11-23/h1-6,9,25-26H,7-8,10-13H2,(H,27,30)/b21-19-,28-20+. The van der Waals surface area contributed by atoms with Gasteiger partial charge in [-0.15, -0.1) is 0 Å². The molecule has 2 aromatic carbocycles. The Balaban J connectivity index is 1.27. The second-order valence-electron chi connectivity index (χ2n) is 8.65. The first-order chi connectivity index (χ1) is 15.1. The fraction of sp³-hybridized carbons (Fsp3) is 0.304. The number of rotatable bonds is 4. The van der Waals surface area contributed by atoms with Crippen LogP contribution in [0.5, 0.6) is 0 Å². The van der Waals surface area contributed by atoms with Crippen molar-refractivity contribution in [2.24, 2.45) is 10.6 Å². The zero-order valence-electron chi connectivity index (χ0n) is 16.9. The molecule has 2 fully saturated rings. The molecule has 0 saturated carbocycles. The van der Waals surface area contributed by atoms with E-state index in [9.17, 15) is 9.18 Å². The first-order valence-corrected chi connectivity index (χ1v) is 10.5. The number of carbonyl (C=O) groups excluding carboxylic acids is 1. The molecule has 0 bridgehead atoms. The average molecular weight is 419 g/mol. The number of oxime groups is 1. The highest BCUT2D eigenvalue weighted by Crippen LogP contribution is 2.39. The van der Waals surface area contributed by atoms with Gasteiger partial charge in [0, 0.05) is 60.6 Å². The molecule has 0 unspecified atom stereocenters. The number of likely N-dealkylation sites (tertiary alicyclic amines) is 1. The molecule has 4 aliphatic heterocycles. The van der Waals surface area contributed by atoms with E-state index >= 15 is 0 Å². The Bertz CT molecular complexity index is 1150. The van der Waals surface area contributed by atoms with E-state index in [-0.39, 0.29) is 5.91 Å². The summed E-state index contributed by atoms with van der Waals surface area (Å²) in [5, 5.41) is 13.8. The van der Waals surface area contributed by atoms with Gasteiger partial charge in [-0.05, 0) is 24.3 Å². The maximum Gasteiger partial charge on any atom is 0.258 e. The van der Waals surface area contributed by atoms with E-state index in [1.54, 1.807) is 6.07 Å². The molecule has 6 rings (SSSR count). The third-order valence-corrected chi connectivity index (χ3v) is 6.43. The molecule has 2 saturated heterocycles. The minimum absolute atomic E-state index is 0.288. The van der Waals surface area contributed by atoms with Gasteiger partial charge in [-0.25, -0.2) is 4.39 Å². The topological polar surface area (TPSA) is 78.0 Å². The van der Waals surface area contributed by atoms with Crippen LogP contribution in [0.4, 0.5) is 15.8 Å². The van der Waals surface area contributed by atoms with Gasteiger partial charge in [0.05, 0.1) is 11.3 Å². The van der Waals surface area contributed by atoms with E-state index in [4.69, 9.17) is 4.84 Å². The van der Waals surface area contributed by atoms with Gasteiger partial charge in [-0.1, -0.05) is 23.4 Å². The number of hydrogen-bond donors (Lipinski definition) is 3. The van der Waals surface area contributed by atoms with Crippen LogP contribution < -0.4 is 16.0 Å². The van der Waals surface area contributed by atoms with Gasteiger partial charge in [0.2, 0.25) is 0 Å². The van der Waals surface area contributed by atoms with Crippen LogP contribution in [0.3, 0.4) is 0 Å². The third-order valence-electron chi connectivity index (χ3n) is 6.43. The highest BCUT2D eigenvalue weighted by atomic mass is 19.1. The number of nitrogens with one attached hydrogen (secondary N) is 3. The summed E-state index contributed by atoms with van der Waals surface area (Å²) in [5.41, 5.74) is 4.74. The lowest BCUT2D eigenvalue weighted by Gasteiger charge is -2.56. The Morgan fingerprint density at radius 3 is 2.68 bits per heavy atom. The van der Waals surface area contributed by atoms with E-state index < -0.39 is 5.82 Å². The van der Waals surface area contributed by atoms with E-state index in [1.165, 1.54) is 12.1 Å². The summed E-state index contributed by atoms with van der Waals surface area (Å²) in [6.45, 7) is 5.69. The predicted octanol–water partition coefficient (Wildman–Crippen LogP) is 2.24. The fourth-order valence-corrected chi connectivity index (χ4v) is 4.83. The minimum atomic E-state index is -0.396. The van der Waals surface area contributed by atoms with Crippen molar-refractivity contribution in [3.05, 3.63) is 65.1 Å². The molecule has 3 N–H and O–H groups in total. The lowest BCUT2D eigenvalue weighted by Crippen LogP contribution is -2.71. The molecule has 31 heavy (non-hydrogen) atoms. The lowest BCUT2D eigenvalue weighted by atomic mass is 9.74. The van der Waals surface area contributed by atoms with Gasteiger partial charge < -0.3 is 20.8 Å². The molecule has 0 aliphatic carbocycles. The predicted molar refractivity (Wildman–Crippen MR) is 116 cm³/mol. The van der Waals surface area contributed by atoms with Gasteiger partial charge in [-0.2, -0.15) is 0 Å². The van der Waals surface area contributed by atoms with Crippen molar-refractivity contribution in [2.75, 3.05) is 50.0 Å². The lowest BCUT2D eigenvalue weighted by molar-refractivity contribution is -0.110. The summed E-state index contributed by atoms with van der Waals surface area (Å²) in [4.78, 5) is 20.8. The van der Waals surface area contributed by atoms with Gasteiger partial charge in [0.25, 0.3) is 5.91 Å². The monoisotopic (exact) mass is 419 g/mol. The fourth-order valence-electron chi connectivity index (χ4n) is 4.83. The quantitative estimate of drug-likeness (QED) is 0.403. The third kappa shape index (κ3) is 3.02. The Morgan fingerprint density at radius 1 is 1.06 bits per heavy atom. The van der Waals surface area contributed by atoms with Crippen LogP contribution in [0.15, 0.2) is 53.3 Å². The summed E-state index contributed by atoms with van der Waals surface area (Å²) < 4.78 is 13.9. The Hall–Kier alpha value is -3.23. The largest absolute Gasteiger partial charge is 0.394 e. The van der Waals surface area contributed by atoms with Crippen LogP contribution in [0.25, 0.3) is 5.57 Å². The van der Waals surface area contributed by atoms with E-state index in [1.807, 2.05) is 24.3 Å². The molecular formula is C23H22FN5O2. The minimum Gasteiger partial charge on any atom is -0.394 e. The molecular weight excluding hydrogens is 397 g/mol. The van der Waals surface area contributed by atoms with Gasteiger partial charge >= 0.3 is 0 Å². The zero-order chi connectivity index (χ0) is 21.0. The average Bonchev–Trinajstić information content (AvgIpc) is 3.21. The summed E-state index contributed by atoms with van der Waals surface area (Å²) in [6.07, 6.45) is 0. The molecule has 0 radical (unpaired) electrons. The number of benzene rings is 2. The van der Waals surface area contributed by atoms with Crippen molar-refractivity contribution in [3.63, 3.8) is 0 Å². The number of allylic oxidation sites excluding steroid dienone is 1. The summed E-state index contributed by atoms with van der Waals surface area (Å²) >= 11 is 0. The summed E-state index contributed by atoms with van der Waals surface area (Å²) in [6, 6.07) is 12.0. The molecule has 1 amide bonds. The van der Waals surface area contributed by atoms with Gasteiger partial charge in [-0.3, -0.25) is 9.69 Å². The van der Waals surface area contributed by atoms with Gasteiger partial charge in [0.1, 0.15) is 18.1 Å². The van der Waals surface area contributed by atoms with Crippen molar-refractivity contribution in [3.8, 4) is 0 Å². The zero-order valence-corrected chi connectivity index (χ0v) is 16.9. The Kier molecular flexibility index (Phi) is 4.12. The molecule has 8 heteroatoms. The Morgan fingerprint density at radius 2 is 1.87 bits per heavy atom. The Labute approximate surface area is 178 Å². The molecule has 0 atom stereocenters. The number of para-hydroxylation sites is 1. The van der Waals surface area contributed by atoms with Crippen LogP contribution in [-0.2, 0) is 9.63 Å². The van der Waals surface area contributed by atoms with Crippen LogP contribution in [0.1, 0.15) is 11.1 Å². The van der Waals surface area contributed by atoms with E-state index in [0.717, 1.165) is 44.0 Å². The van der Waals surface area contributed by atoms with Crippen molar-refractivity contribution < 1.29 is 14.0 Å². The smallest absolute Gasteiger partial charge is 0.258 e. The number of carbonyl (C=O) groups is 1. The van der Waals surface area contributed by atoms with E-state index in [0.29, 0.717) is 40.3 Å². The van der Waals surface area contributed by atoms with Crippen molar-refractivity contribution >= 4 is 28.6 Å². The van der Waals surface area contributed by atoms with Crippen LogP contribution in [-0.4, -0.2) is 55.8 Å². The number of halogens is 1. The normalized spacial score (nSPS) is 24.3. The first-order valence-electron chi connectivity index (χ1n) is 10.5. The first kappa shape index (κ1) is 18.5. The molecule has 7 nitrogen and oxygen atoms in total. The number of amides is 1. The highest BCUT2D eigenvalue weighted by molar-refractivity contribution is 6.39. The number of anilines is 2. The number of hydrogen-bond acceptors (Lipinski definition) is 6.